The van der Waals surface area contributed by atoms with E-state index in [0.717, 1.165) is 22.9 Å². The second-order valence-corrected chi connectivity index (χ2v) is 10.1. The number of ether oxygens (including phenoxy) is 3. The molecule has 0 aliphatic heterocycles. The van der Waals surface area contributed by atoms with Crippen molar-refractivity contribution in [3.63, 3.8) is 0 Å². The van der Waals surface area contributed by atoms with E-state index in [-0.39, 0.29) is 29.8 Å². The fourth-order valence-corrected chi connectivity index (χ4v) is 4.98. The van der Waals surface area contributed by atoms with Gasteiger partial charge in [-0.1, -0.05) is 54.6 Å². The van der Waals surface area contributed by atoms with E-state index >= 15 is 8.78 Å². The second kappa shape index (κ2) is 13.9. The zero-order chi connectivity index (χ0) is 31.9. The molecule has 0 fully saturated rings. The highest BCUT2D eigenvalue weighted by molar-refractivity contribution is 5.73. The zero-order valence-electron chi connectivity index (χ0n) is 25.3. The van der Waals surface area contributed by atoms with Crippen LogP contribution >= 0.6 is 0 Å². The molecule has 0 amide bonds. The topological polar surface area (TPSA) is 76.7 Å². The lowest BCUT2D eigenvalue weighted by Crippen LogP contribution is -2.16. The Morgan fingerprint density at radius 1 is 0.733 bits per heavy atom. The maximum Gasteiger partial charge on any atom is 0.191 e. The monoisotopic (exact) mass is 614 g/mol. The molecule has 0 radical (unpaired) electrons. The molecule has 1 aromatic heterocycles. The Hall–Kier alpha value is -5.38. The van der Waals surface area contributed by atoms with Crippen LogP contribution < -0.4 is 30.2 Å². The van der Waals surface area contributed by atoms with Crippen molar-refractivity contribution in [2.75, 3.05) is 37.3 Å². The second-order valence-electron chi connectivity index (χ2n) is 10.1. The van der Waals surface area contributed by atoms with Gasteiger partial charge in [0.05, 0.1) is 38.7 Å². The van der Waals surface area contributed by atoms with E-state index in [1.807, 2.05) is 61.5 Å². The third-order valence-corrected chi connectivity index (χ3v) is 7.43. The minimum absolute atomic E-state index is 0.0599. The number of halogens is 3. The maximum atomic E-state index is 15.1. The fraction of sp³-hybridized carbons (Fsp3) is 0.171. The van der Waals surface area contributed by atoms with Crippen LogP contribution in [-0.4, -0.2) is 26.3 Å². The van der Waals surface area contributed by atoms with Gasteiger partial charge in [0.1, 0.15) is 23.1 Å². The molecule has 5 rings (SSSR count). The number of rotatable bonds is 12. The van der Waals surface area contributed by atoms with Gasteiger partial charge in [-0.3, -0.25) is 0 Å². The number of nitrogens with one attached hydrogen (secondary N) is 3. The average Bonchev–Trinajstić information content (AvgIpc) is 3.07. The molecule has 3 N–H and O–H groups in total. The number of para-hydroxylation sites is 1. The lowest BCUT2D eigenvalue weighted by Gasteiger charge is -2.24. The summed E-state index contributed by atoms with van der Waals surface area (Å²) in [5.41, 5.74) is 3.48. The largest absolute Gasteiger partial charge is 0.497 e. The van der Waals surface area contributed by atoms with Crippen LogP contribution in [0.3, 0.4) is 0 Å². The van der Waals surface area contributed by atoms with Crippen LogP contribution in [0.1, 0.15) is 28.3 Å². The molecule has 7 nitrogen and oxygen atoms in total. The molecule has 0 saturated carbocycles. The number of hydrogen-bond acceptors (Lipinski definition) is 7. The highest BCUT2D eigenvalue weighted by Gasteiger charge is 2.22. The first-order valence-corrected chi connectivity index (χ1v) is 14.1. The Bertz CT molecular complexity index is 1740. The van der Waals surface area contributed by atoms with Gasteiger partial charge in [-0.25, -0.2) is 18.2 Å². The molecule has 0 saturated heterocycles. The van der Waals surface area contributed by atoms with Crippen LogP contribution in [-0.2, 0) is 6.54 Å². The first-order chi connectivity index (χ1) is 21.8. The number of benzene rings is 4. The first kappa shape index (κ1) is 31.1. The van der Waals surface area contributed by atoms with Crippen molar-refractivity contribution in [3.8, 4) is 17.2 Å². The Labute approximate surface area is 260 Å². The van der Waals surface area contributed by atoms with Crippen molar-refractivity contribution in [1.82, 2.24) is 4.98 Å². The average molecular weight is 615 g/mol. The van der Waals surface area contributed by atoms with Gasteiger partial charge in [0.25, 0.3) is 0 Å². The summed E-state index contributed by atoms with van der Waals surface area (Å²) < 4.78 is 60.6. The SMILES string of the molecule is COc1ccc(C(Nc2ncc(CNc3c(F)c(OC)cc(OC)c3F)c(Nc3ccccc3F)c2C)c2ccccc2)cc1. The number of anilines is 4. The van der Waals surface area contributed by atoms with Crippen molar-refractivity contribution in [3.05, 3.63) is 131 Å². The summed E-state index contributed by atoms with van der Waals surface area (Å²) in [4.78, 5) is 4.71. The molecule has 232 valence electrons. The number of pyridine rings is 1. The van der Waals surface area contributed by atoms with Gasteiger partial charge in [-0.05, 0) is 42.3 Å². The summed E-state index contributed by atoms with van der Waals surface area (Å²) in [6.07, 6.45) is 1.58. The lowest BCUT2D eigenvalue weighted by molar-refractivity contribution is 0.360. The fourth-order valence-electron chi connectivity index (χ4n) is 4.98. The Kier molecular flexibility index (Phi) is 9.62. The quantitative estimate of drug-likeness (QED) is 0.130. The predicted molar refractivity (Wildman–Crippen MR) is 170 cm³/mol. The van der Waals surface area contributed by atoms with Crippen molar-refractivity contribution in [2.24, 2.45) is 0 Å². The maximum absolute atomic E-state index is 15.1. The van der Waals surface area contributed by atoms with Gasteiger partial charge in [-0.15, -0.1) is 0 Å². The predicted octanol–water partition coefficient (Wildman–Crippen LogP) is 8.39. The third-order valence-electron chi connectivity index (χ3n) is 7.43. The molecule has 0 spiro atoms. The van der Waals surface area contributed by atoms with Crippen molar-refractivity contribution in [1.29, 1.82) is 0 Å². The van der Waals surface area contributed by atoms with Crippen molar-refractivity contribution in [2.45, 2.75) is 19.5 Å². The molecule has 10 heteroatoms. The summed E-state index contributed by atoms with van der Waals surface area (Å²) in [6.45, 7) is 1.78. The summed E-state index contributed by atoms with van der Waals surface area (Å²) in [5, 5.41) is 9.55. The number of hydrogen-bond donors (Lipinski definition) is 3. The van der Waals surface area contributed by atoms with Gasteiger partial charge in [0.2, 0.25) is 0 Å². The first-order valence-electron chi connectivity index (χ1n) is 14.1. The van der Waals surface area contributed by atoms with Crippen molar-refractivity contribution >= 4 is 22.9 Å². The molecule has 45 heavy (non-hydrogen) atoms. The van der Waals surface area contributed by atoms with Gasteiger partial charge < -0.3 is 30.2 Å². The number of aromatic nitrogens is 1. The van der Waals surface area contributed by atoms with Gasteiger partial charge >= 0.3 is 0 Å². The highest BCUT2D eigenvalue weighted by atomic mass is 19.1. The van der Waals surface area contributed by atoms with Gasteiger partial charge in [-0.2, -0.15) is 0 Å². The Morgan fingerprint density at radius 2 is 1.36 bits per heavy atom. The van der Waals surface area contributed by atoms with Crippen LogP contribution in [0.15, 0.2) is 91.1 Å². The van der Waals surface area contributed by atoms with Crippen LogP contribution in [0, 0.1) is 24.4 Å². The molecular formula is C35H33F3N4O3. The van der Waals surface area contributed by atoms with E-state index in [0.29, 0.717) is 22.6 Å². The van der Waals surface area contributed by atoms with Crippen LogP contribution in [0.4, 0.5) is 36.1 Å². The molecule has 0 bridgehead atoms. The van der Waals surface area contributed by atoms with Crippen LogP contribution in [0.2, 0.25) is 0 Å². The van der Waals surface area contributed by atoms with E-state index in [1.165, 1.54) is 20.3 Å². The Balaban J connectivity index is 1.55. The third kappa shape index (κ3) is 6.75. The standard InChI is InChI=1S/C35H33F3N4O3/c1-21-32(41-27-13-9-8-12-26(27)36)24(19-39-34-30(37)28(44-3)18-29(45-4)31(34)38)20-40-35(21)42-33(22-10-6-5-7-11-22)23-14-16-25(43-2)17-15-23/h5-18,20,33,39H,19H2,1-4H3,(H2,40,41,42). The van der Waals surface area contributed by atoms with Crippen molar-refractivity contribution < 1.29 is 27.4 Å². The minimum atomic E-state index is -0.910. The normalized spacial score (nSPS) is 11.4. The molecular weight excluding hydrogens is 581 g/mol. The van der Waals surface area contributed by atoms with Gasteiger partial charge in [0, 0.05) is 29.9 Å². The molecule has 1 heterocycles. The summed E-state index contributed by atoms with van der Waals surface area (Å²) in [6, 6.07) is 24.7. The molecule has 5 aromatic rings. The lowest BCUT2D eigenvalue weighted by atomic mass is 9.98. The van der Waals surface area contributed by atoms with Crippen LogP contribution in [0.25, 0.3) is 0 Å². The summed E-state index contributed by atoms with van der Waals surface area (Å²) in [5.74, 6) is -1.38. The van der Waals surface area contributed by atoms with E-state index in [1.54, 1.807) is 31.5 Å². The molecule has 1 atom stereocenters. The zero-order valence-corrected chi connectivity index (χ0v) is 25.3. The van der Waals surface area contributed by atoms with Crippen LogP contribution in [0.5, 0.6) is 17.2 Å². The van der Waals surface area contributed by atoms with E-state index in [4.69, 9.17) is 19.2 Å². The smallest absolute Gasteiger partial charge is 0.191 e. The van der Waals surface area contributed by atoms with Gasteiger partial charge in [0.15, 0.2) is 23.1 Å². The summed E-state index contributed by atoms with van der Waals surface area (Å²) in [7, 11) is 4.18. The minimum Gasteiger partial charge on any atom is -0.497 e. The number of nitrogens with zero attached hydrogens (tertiary/aromatic N) is 1. The van der Waals surface area contributed by atoms with E-state index in [9.17, 15) is 4.39 Å². The highest BCUT2D eigenvalue weighted by Crippen LogP contribution is 2.37. The molecule has 4 aromatic carbocycles. The summed E-state index contributed by atoms with van der Waals surface area (Å²) >= 11 is 0. The molecule has 1 unspecified atom stereocenters. The van der Waals surface area contributed by atoms with E-state index in [2.05, 4.69) is 16.0 Å². The van der Waals surface area contributed by atoms with E-state index < -0.39 is 23.1 Å². The Morgan fingerprint density at radius 3 is 1.98 bits per heavy atom. The number of methoxy groups -OCH3 is 3. The molecule has 0 aliphatic rings. The molecule has 0 aliphatic carbocycles.